The van der Waals surface area contributed by atoms with Crippen LogP contribution in [0.25, 0.3) is 0 Å². The normalized spacial score (nSPS) is 22.3. The molecule has 1 amide bonds. The Labute approximate surface area is 158 Å². The van der Waals surface area contributed by atoms with E-state index in [-0.39, 0.29) is 10.8 Å². The van der Waals surface area contributed by atoms with Gasteiger partial charge in [-0.3, -0.25) is 14.5 Å². The lowest BCUT2D eigenvalue weighted by Gasteiger charge is -2.24. The highest BCUT2D eigenvalue weighted by Crippen LogP contribution is 2.22. The minimum absolute atomic E-state index is 0.0459. The van der Waals surface area contributed by atoms with E-state index < -0.39 is 10.0 Å². The van der Waals surface area contributed by atoms with Crippen molar-refractivity contribution in [1.29, 1.82) is 0 Å². The van der Waals surface area contributed by atoms with Gasteiger partial charge in [-0.05, 0) is 55.7 Å². The largest absolute Gasteiger partial charge is 0.337 e. The van der Waals surface area contributed by atoms with E-state index in [2.05, 4.69) is 15.0 Å². The number of hydrogen-bond donors (Lipinski definition) is 2. The summed E-state index contributed by atoms with van der Waals surface area (Å²) in [7, 11) is -3.71. The number of likely N-dealkylation sites (tertiary alicyclic amines) is 1. The molecule has 27 heavy (non-hydrogen) atoms. The zero-order chi connectivity index (χ0) is 18.9. The number of pyridine rings is 1. The number of benzene rings is 1. The molecular formula is C19H22N4O3S. The number of fused-ring (bicyclic) bond motifs is 2. The molecular weight excluding hydrogens is 364 g/mol. The lowest BCUT2D eigenvalue weighted by Crippen LogP contribution is -2.39. The molecule has 0 aliphatic carbocycles. The Balaban J connectivity index is 1.47. The summed E-state index contributed by atoms with van der Waals surface area (Å²) in [5.74, 6) is -0.0459. The highest BCUT2D eigenvalue weighted by atomic mass is 32.2. The van der Waals surface area contributed by atoms with Crippen LogP contribution >= 0.6 is 0 Å². The van der Waals surface area contributed by atoms with Crippen LogP contribution in [0.2, 0.25) is 0 Å². The number of sulfonamides is 1. The fourth-order valence-corrected chi connectivity index (χ4v) is 4.78. The van der Waals surface area contributed by atoms with E-state index >= 15 is 0 Å². The number of amides is 1. The number of hydrogen-bond acceptors (Lipinski definition) is 5. The first-order valence-electron chi connectivity index (χ1n) is 9.09. The fourth-order valence-electron chi connectivity index (χ4n) is 3.72. The van der Waals surface area contributed by atoms with Gasteiger partial charge in [0.15, 0.2) is 0 Å². The van der Waals surface area contributed by atoms with E-state index in [1.165, 1.54) is 30.9 Å². The Morgan fingerprint density at radius 1 is 1.04 bits per heavy atom. The van der Waals surface area contributed by atoms with E-state index in [1.807, 2.05) is 4.90 Å². The molecule has 2 aliphatic heterocycles. The molecule has 142 valence electrons. The molecule has 0 radical (unpaired) electrons. The molecule has 1 aromatic carbocycles. The lowest BCUT2D eigenvalue weighted by molar-refractivity contribution is 0.0748. The first kappa shape index (κ1) is 17.9. The summed E-state index contributed by atoms with van der Waals surface area (Å²) in [5.41, 5.74) is 0.952. The summed E-state index contributed by atoms with van der Waals surface area (Å²) >= 11 is 0. The van der Waals surface area contributed by atoms with Crippen LogP contribution in [0.1, 0.15) is 29.6 Å². The third-order valence-electron chi connectivity index (χ3n) is 5.15. The number of nitrogens with zero attached hydrogens (tertiary/aromatic N) is 2. The summed E-state index contributed by atoms with van der Waals surface area (Å²) in [6.07, 6.45) is 6.28. The van der Waals surface area contributed by atoms with Crippen molar-refractivity contribution >= 4 is 21.6 Å². The van der Waals surface area contributed by atoms with Crippen molar-refractivity contribution in [3.05, 3.63) is 54.4 Å². The van der Waals surface area contributed by atoms with Crippen LogP contribution in [0.4, 0.5) is 5.69 Å². The Kier molecular flexibility index (Phi) is 4.84. The van der Waals surface area contributed by atoms with E-state index in [1.54, 1.807) is 24.3 Å². The van der Waals surface area contributed by atoms with Crippen molar-refractivity contribution in [3.63, 3.8) is 0 Å². The molecule has 2 bridgehead atoms. The molecule has 1 aromatic heterocycles. The molecule has 2 atom stereocenters. The molecule has 0 spiro atoms. The van der Waals surface area contributed by atoms with Crippen molar-refractivity contribution < 1.29 is 13.2 Å². The van der Waals surface area contributed by atoms with Crippen LogP contribution in [-0.4, -0.2) is 49.4 Å². The van der Waals surface area contributed by atoms with E-state index in [9.17, 15) is 13.2 Å². The minimum atomic E-state index is -3.71. The molecule has 2 saturated heterocycles. The lowest BCUT2D eigenvalue weighted by atomic mass is 10.1. The summed E-state index contributed by atoms with van der Waals surface area (Å²) in [6.45, 7) is 1.44. The van der Waals surface area contributed by atoms with Gasteiger partial charge in [0.2, 0.25) is 0 Å². The third-order valence-corrected chi connectivity index (χ3v) is 6.55. The summed E-state index contributed by atoms with van der Waals surface area (Å²) < 4.78 is 27.5. The second-order valence-electron chi connectivity index (χ2n) is 7.04. The van der Waals surface area contributed by atoms with E-state index in [0.717, 1.165) is 19.4 Å². The zero-order valence-electron chi connectivity index (χ0n) is 14.8. The molecule has 3 heterocycles. The summed E-state index contributed by atoms with van der Waals surface area (Å²) in [4.78, 5) is 18.7. The van der Waals surface area contributed by atoms with Crippen molar-refractivity contribution in [2.45, 2.75) is 36.2 Å². The first-order chi connectivity index (χ1) is 13.0. The monoisotopic (exact) mass is 386 g/mol. The van der Waals surface area contributed by atoms with Crippen LogP contribution in [0.15, 0.2) is 53.7 Å². The van der Waals surface area contributed by atoms with Gasteiger partial charge in [-0.15, -0.1) is 0 Å². The quantitative estimate of drug-likeness (QED) is 0.837. The maximum Gasteiger partial charge on any atom is 0.261 e. The van der Waals surface area contributed by atoms with Crippen molar-refractivity contribution in [1.82, 2.24) is 15.2 Å². The van der Waals surface area contributed by atoms with E-state index in [4.69, 9.17) is 0 Å². The van der Waals surface area contributed by atoms with Crippen LogP contribution in [0.3, 0.4) is 0 Å². The van der Waals surface area contributed by atoms with Crippen LogP contribution in [0.5, 0.6) is 0 Å². The standard InChI is InChI=1S/C19H22N4O3S/c24-19(23-12-9-15-3-4-17(13-23)21-15)14-1-5-18(6-2-14)27(25,26)22-16-7-10-20-11-8-16/h1-2,5-8,10-11,15,17,21H,3-4,9,12-13H2,(H,20,22). The average molecular weight is 386 g/mol. The molecule has 4 rings (SSSR count). The number of rotatable bonds is 4. The van der Waals surface area contributed by atoms with Crippen molar-refractivity contribution in [2.24, 2.45) is 0 Å². The predicted molar refractivity (Wildman–Crippen MR) is 102 cm³/mol. The second kappa shape index (κ2) is 7.28. The van der Waals surface area contributed by atoms with Gasteiger partial charge in [0, 0.05) is 43.1 Å². The topological polar surface area (TPSA) is 91.4 Å². The molecule has 8 heteroatoms. The van der Waals surface area contributed by atoms with Gasteiger partial charge >= 0.3 is 0 Å². The molecule has 2 aliphatic rings. The SMILES string of the molecule is O=C(c1ccc(S(=O)(=O)Nc2ccncc2)cc1)N1CCC2CCC(C1)N2. The Morgan fingerprint density at radius 2 is 1.74 bits per heavy atom. The van der Waals surface area contributed by atoms with Gasteiger partial charge in [-0.2, -0.15) is 0 Å². The van der Waals surface area contributed by atoms with Gasteiger partial charge in [0.05, 0.1) is 10.6 Å². The maximum atomic E-state index is 12.8. The highest BCUT2D eigenvalue weighted by molar-refractivity contribution is 7.92. The van der Waals surface area contributed by atoms with Gasteiger partial charge < -0.3 is 10.2 Å². The third kappa shape index (κ3) is 3.96. The van der Waals surface area contributed by atoms with Gasteiger partial charge in [-0.25, -0.2) is 8.42 Å². The molecule has 2 N–H and O–H groups in total. The summed E-state index contributed by atoms with van der Waals surface area (Å²) in [6, 6.07) is 10.1. The van der Waals surface area contributed by atoms with Gasteiger partial charge in [0.1, 0.15) is 0 Å². The Bertz CT molecular complexity index is 916. The smallest absolute Gasteiger partial charge is 0.261 e. The van der Waals surface area contributed by atoms with Crippen molar-refractivity contribution in [2.75, 3.05) is 17.8 Å². The van der Waals surface area contributed by atoms with E-state index in [0.29, 0.717) is 29.9 Å². The van der Waals surface area contributed by atoms with Crippen molar-refractivity contribution in [3.8, 4) is 0 Å². The average Bonchev–Trinajstić information content (AvgIpc) is 3.00. The Hall–Kier alpha value is -2.45. The molecule has 0 saturated carbocycles. The summed E-state index contributed by atoms with van der Waals surface area (Å²) in [5, 5.41) is 3.56. The predicted octanol–water partition coefficient (Wildman–Crippen LogP) is 1.85. The second-order valence-corrected chi connectivity index (χ2v) is 8.73. The number of carbonyl (C=O) groups is 1. The highest BCUT2D eigenvalue weighted by Gasteiger charge is 2.31. The van der Waals surface area contributed by atoms with Crippen LogP contribution in [0, 0.1) is 0 Å². The van der Waals surface area contributed by atoms with Crippen LogP contribution < -0.4 is 10.0 Å². The number of nitrogens with one attached hydrogen (secondary N) is 2. The molecule has 7 nitrogen and oxygen atoms in total. The van der Waals surface area contributed by atoms with Gasteiger partial charge in [0.25, 0.3) is 15.9 Å². The molecule has 2 aromatic rings. The first-order valence-corrected chi connectivity index (χ1v) is 10.6. The molecule has 2 unspecified atom stereocenters. The zero-order valence-corrected chi connectivity index (χ0v) is 15.7. The number of anilines is 1. The number of aromatic nitrogens is 1. The number of carbonyl (C=O) groups excluding carboxylic acids is 1. The maximum absolute atomic E-state index is 12.8. The Morgan fingerprint density at radius 3 is 2.48 bits per heavy atom. The minimum Gasteiger partial charge on any atom is -0.337 e. The van der Waals surface area contributed by atoms with Gasteiger partial charge in [-0.1, -0.05) is 0 Å². The fraction of sp³-hybridized carbons (Fsp3) is 0.368. The molecule has 2 fully saturated rings. The van der Waals surface area contributed by atoms with Crippen LogP contribution in [-0.2, 0) is 10.0 Å².